The molecule has 0 unspecified atom stereocenters. The van der Waals surface area contributed by atoms with Crippen LogP contribution in [0.4, 0.5) is 0 Å². The van der Waals surface area contributed by atoms with Crippen LogP contribution >= 0.6 is 35.3 Å². The maximum atomic E-state index is 13.6. The highest BCUT2D eigenvalue weighted by molar-refractivity contribution is 7.99. The number of carbonyl (C=O) groups is 1. The first kappa shape index (κ1) is 23.1. The Morgan fingerprint density at radius 3 is 2.68 bits per heavy atom. The number of furan rings is 1. The summed E-state index contributed by atoms with van der Waals surface area (Å²) < 4.78 is 9.93. The number of hydrogen-bond acceptors (Lipinski definition) is 7. The minimum absolute atomic E-state index is 0.0728. The number of thioether (sulfide) groups is 1. The van der Waals surface area contributed by atoms with Gasteiger partial charge in [0.05, 0.1) is 24.2 Å². The van der Waals surface area contributed by atoms with Crippen LogP contribution in [0.5, 0.6) is 0 Å². The van der Waals surface area contributed by atoms with Crippen molar-refractivity contribution in [2.24, 2.45) is 5.92 Å². The molecule has 0 atom stereocenters. The Morgan fingerprint density at radius 1 is 1.21 bits per heavy atom. The number of amides is 1. The summed E-state index contributed by atoms with van der Waals surface area (Å²) in [5.41, 5.74) is 1.04. The molecule has 5 rings (SSSR count). The summed E-state index contributed by atoms with van der Waals surface area (Å²) in [7, 11) is 0. The molecule has 1 aliphatic heterocycles. The molecule has 1 amide bonds. The summed E-state index contributed by atoms with van der Waals surface area (Å²) in [6.45, 7) is 4.18. The highest BCUT2D eigenvalue weighted by Gasteiger charge is 2.23. The number of nitrogens with zero attached hydrogens (tertiary/aromatic N) is 4. The van der Waals surface area contributed by atoms with Gasteiger partial charge in [0.2, 0.25) is 5.91 Å². The number of rotatable bonds is 6. The first-order valence-corrected chi connectivity index (χ1v) is 13.4. The Kier molecular flexibility index (Phi) is 6.71. The van der Waals surface area contributed by atoms with Crippen molar-refractivity contribution in [1.29, 1.82) is 0 Å². The van der Waals surface area contributed by atoms with E-state index < -0.39 is 0 Å². The summed E-state index contributed by atoms with van der Waals surface area (Å²) >= 11 is 8.12. The first-order valence-electron chi connectivity index (χ1n) is 11.2. The third kappa shape index (κ3) is 4.62. The molecule has 0 saturated carbocycles. The second-order valence-electron chi connectivity index (χ2n) is 8.41. The van der Waals surface area contributed by atoms with E-state index in [-0.39, 0.29) is 17.2 Å². The average Bonchev–Trinajstić information content (AvgIpc) is 3.47. The van der Waals surface area contributed by atoms with Gasteiger partial charge in [0.25, 0.3) is 5.56 Å². The molecular formula is C24H24N4O3S3. The van der Waals surface area contributed by atoms with Gasteiger partial charge in [0.15, 0.2) is 14.8 Å². The Bertz CT molecular complexity index is 1420. The van der Waals surface area contributed by atoms with E-state index in [1.54, 1.807) is 10.8 Å². The van der Waals surface area contributed by atoms with Gasteiger partial charge in [-0.25, -0.2) is 4.98 Å². The zero-order chi connectivity index (χ0) is 23.7. The molecule has 0 bridgehead atoms. The quantitative estimate of drug-likeness (QED) is 0.206. The Hall–Kier alpha value is -2.69. The number of para-hydroxylation sites is 1. The fourth-order valence-corrected chi connectivity index (χ4v) is 6.22. The molecule has 1 fully saturated rings. The van der Waals surface area contributed by atoms with Gasteiger partial charge in [-0.2, -0.15) is 0 Å². The zero-order valence-electron chi connectivity index (χ0n) is 18.7. The van der Waals surface area contributed by atoms with Crippen molar-refractivity contribution in [3.8, 4) is 5.69 Å². The molecule has 7 nitrogen and oxygen atoms in total. The summed E-state index contributed by atoms with van der Waals surface area (Å²) in [6.07, 6.45) is 3.66. The molecule has 176 valence electrons. The fourth-order valence-electron chi connectivity index (χ4n) is 4.05. The van der Waals surface area contributed by atoms with Gasteiger partial charge in [-0.1, -0.05) is 48.2 Å². The maximum absolute atomic E-state index is 13.6. The lowest BCUT2D eigenvalue weighted by molar-refractivity contribution is -0.129. The summed E-state index contributed by atoms with van der Waals surface area (Å²) in [5, 5.41) is 0.475. The maximum Gasteiger partial charge on any atom is 0.278 e. The molecule has 0 N–H and O–H groups in total. The second-order valence-corrected chi connectivity index (χ2v) is 11.0. The normalized spacial score (nSPS) is 14.7. The topological polar surface area (TPSA) is 73.3 Å². The van der Waals surface area contributed by atoms with Crippen LogP contribution in [-0.2, 0) is 11.3 Å². The zero-order valence-corrected chi connectivity index (χ0v) is 21.1. The van der Waals surface area contributed by atoms with Crippen LogP contribution in [0.15, 0.2) is 63.1 Å². The van der Waals surface area contributed by atoms with E-state index in [2.05, 4.69) is 6.92 Å². The number of likely N-dealkylation sites (tertiary alicyclic amines) is 1. The van der Waals surface area contributed by atoms with Crippen LogP contribution in [0.25, 0.3) is 16.0 Å². The third-order valence-corrected chi connectivity index (χ3v) is 8.38. The lowest BCUT2D eigenvalue weighted by Gasteiger charge is -2.30. The molecule has 0 aliphatic carbocycles. The standard InChI is InChI=1S/C24H24N4O3S3/c1-16-9-11-26(12-10-16)19(29)15-33-23-25-21-20(22(30)28(23)17-6-3-2-4-7-17)34-24(32)27(21)14-18-8-5-13-31-18/h2-8,13,16H,9-12,14-15H2,1H3. The predicted octanol–water partition coefficient (Wildman–Crippen LogP) is 4.97. The summed E-state index contributed by atoms with van der Waals surface area (Å²) in [5.74, 6) is 1.68. The van der Waals surface area contributed by atoms with E-state index in [0.717, 1.165) is 31.7 Å². The highest BCUT2D eigenvalue weighted by atomic mass is 32.2. The average molecular weight is 513 g/mol. The lowest BCUT2D eigenvalue weighted by atomic mass is 9.99. The van der Waals surface area contributed by atoms with Gasteiger partial charge >= 0.3 is 0 Å². The highest BCUT2D eigenvalue weighted by Crippen LogP contribution is 2.26. The minimum Gasteiger partial charge on any atom is -0.467 e. The molecule has 1 aliphatic rings. The van der Waals surface area contributed by atoms with E-state index in [0.29, 0.717) is 37.6 Å². The molecule has 0 radical (unpaired) electrons. The monoisotopic (exact) mass is 512 g/mol. The molecule has 34 heavy (non-hydrogen) atoms. The molecule has 10 heteroatoms. The van der Waals surface area contributed by atoms with Crippen LogP contribution in [0.3, 0.4) is 0 Å². The van der Waals surface area contributed by atoms with E-state index in [1.165, 1.54) is 23.1 Å². The lowest BCUT2D eigenvalue weighted by Crippen LogP contribution is -2.39. The number of aromatic nitrogens is 3. The predicted molar refractivity (Wildman–Crippen MR) is 138 cm³/mol. The molecule has 1 aromatic carbocycles. The van der Waals surface area contributed by atoms with Gasteiger partial charge < -0.3 is 9.32 Å². The van der Waals surface area contributed by atoms with Gasteiger partial charge in [-0.05, 0) is 55.2 Å². The van der Waals surface area contributed by atoms with Crippen molar-refractivity contribution in [3.63, 3.8) is 0 Å². The molecule has 4 heterocycles. The van der Waals surface area contributed by atoms with Crippen LogP contribution in [0, 0.1) is 9.87 Å². The van der Waals surface area contributed by atoms with Crippen LogP contribution < -0.4 is 5.56 Å². The van der Waals surface area contributed by atoms with Crippen molar-refractivity contribution < 1.29 is 9.21 Å². The molecular weight excluding hydrogens is 488 g/mol. The summed E-state index contributed by atoms with van der Waals surface area (Å²) in [4.78, 5) is 33.3. The Labute approximate surface area is 210 Å². The fraction of sp³-hybridized carbons (Fsp3) is 0.333. The van der Waals surface area contributed by atoms with Crippen molar-refractivity contribution in [3.05, 3.63) is 68.8 Å². The van der Waals surface area contributed by atoms with Gasteiger partial charge in [-0.3, -0.25) is 18.7 Å². The van der Waals surface area contributed by atoms with Gasteiger partial charge in [-0.15, -0.1) is 0 Å². The largest absolute Gasteiger partial charge is 0.467 e. The number of hydrogen-bond donors (Lipinski definition) is 0. The molecule has 3 aromatic heterocycles. The Balaban J connectivity index is 1.54. The SMILES string of the molecule is CC1CCN(C(=O)CSc2nc3c(sc(=S)n3Cc3ccco3)c(=O)n2-c2ccccc2)CC1. The summed E-state index contributed by atoms with van der Waals surface area (Å²) in [6, 6.07) is 13.1. The van der Waals surface area contributed by atoms with E-state index in [9.17, 15) is 9.59 Å². The van der Waals surface area contributed by atoms with E-state index >= 15 is 0 Å². The number of piperidine rings is 1. The van der Waals surface area contributed by atoms with E-state index in [1.807, 2.05) is 51.9 Å². The number of thiazole rings is 1. The smallest absolute Gasteiger partial charge is 0.278 e. The first-order chi connectivity index (χ1) is 16.5. The van der Waals surface area contributed by atoms with Crippen molar-refractivity contribution in [1.82, 2.24) is 19.0 Å². The van der Waals surface area contributed by atoms with Crippen LogP contribution in [-0.4, -0.2) is 43.8 Å². The number of fused-ring (bicyclic) bond motifs is 1. The number of benzene rings is 1. The molecule has 4 aromatic rings. The second kappa shape index (κ2) is 9.89. The van der Waals surface area contributed by atoms with Crippen molar-refractivity contribution in [2.45, 2.75) is 31.5 Å². The molecule has 0 spiro atoms. The van der Waals surface area contributed by atoms with Crippen molar-refractivity contribution >= 4 is 51.6 Å². The van der Waals surface area contributed by atoms with Crippen LogP contribution in [0.1, 0.15) is 25.5 Å². The van der Waals surface area contributed by atoms with E-state index in [4.69, 9.17) is 21.6 Å². The number of carbonyl (C=O) groups excluding carboxylic acids is 1. The van der Waals surface area contributed by atoms with Crippen LogP contribution in [0.2, 0.25) is 0 Å². The molecule has 1 saturated heterocycles. The minimum atomic E-state index is -0.188. The third-order valence-electron chi connectivity index (χ3n) is 6.03. The van der Waals surface area contributed by atoms with Gasteiger partial charge in [0, 0.05) is 13.1 Å². The van der Waals surface area contributed by atoms with Crippen molar-refractivity contribution in [2.75, 3.05) is 18.8 Å². The Morgan fingerprint density at radius 2 is 1.97 bits per heavy atom. The van der Waals surface area contributed by atoms with Gasteiger partial charge in [0.1, 0.15) is 10.5 Å².